The Morgan fingerprint density at radius 1 is 1.35 bits per heavy atom. The van der Waals surface area contributed by atoms with Crippen molar-refractivity contribution in [2.75, 3.05) is 49.8 Å². The highest BCUT2D eigenvalue weighted by atomic mass is 32.2. The van der Waals surface area contributed by atoms with E-state index in [9.17, 15) is 4.39 Å². The summed E-state index contributed by atoms with van der Waals surface area (Å²) in [5.74, 6) is 2.20. The van der Waals surface area contributed by atoms with Crippen molar-refractivity contribution in [3.8, 4) is 0 Å². The van der Waals surface area contributed by atoms with Crippen LogP contribution in [-0.2, 0) is 11.3 Å². The van der Waals surface area contributed by atoms with Crippen molar-refractivity contribution < 1.29 is 9.13 Å². The molecule has 0 aliphatic carbocycles. The molecule has 0 radical (unpaired) electrons. The minimum Gasteiger partial charge on any atom is -0.383 e. The zero-order valence-electron chi connectivity index (χ0n) is 12.0. The number of nitrogens with one attached hydrogen (secondary N) is 1. The molecule has 0 bridgehead atoms. The van der Waals surface area contributed by atoms with Crippen molar-refractivity contribution in [2.45, 2.75) is 13.0 Å². The summed E-state index contributed by atoms with van der Waals surface area (Å²) in [6.07, 6.45) is 1.16. The molecule has 0 spiro atoms. The minimum atomic E-state index is -0.121. The Labute approximate surface area is 124 Å². The van der Waals surface area contributed by atoms with Crippen molar-refractivity contribution in [1.82, 2.24) is 5.32 Å². The second kappa shape index (κ2) is 8.49. The van der Waals surface area contributed by atoms with Crippen LogP contribution < -0.4 is 10.2 Å². The van der Waals surface area contributed by atoms with E-state index >= 15 is 0 Å². The Hall–Kier alpha value is -0.780. The first-order valence-corrected chi connectivity index (χ1v) is 8.28. The number of nitrogens with zero attached hydrogens (tertiary/aromatic N) is 1. The summed E-state index contributed by atoms with van der Waals surface area (Å²) in [4.78, 5) is 2.32. The van der Waals surface area contributed by atoms with Gasteiger partial charge in [0.2, 0.25) is 0 Å². The lowest BCUT2D eigenvalue weighted by atomic mass is 10.1. The van der Waals surface area contributed by atoms with Crippen LogP contribution in [0.2, 0.25) is 0 Å². The highest BCUT2D eigenvalue weighted by Crippen LogP contribution is 2.25. The molecule has 1 aliphatic rings. The molecule has 5 heteroatoms. The average Bonchev–Trinajstić information content (AvgIpc) is 2.74. The number of rotatable bonds is 6. The van der Waals surface area contributed by atoms with E-state index in [0.717, 1.165) is 43.1 Å². The van der Waals surface area contributed by atoms with Gasteiger partial charge in [-0.25, -0.2) is 4.39 Å². The number of hydrogen-bond acceptors (Lipinski definition) is 4. The molecule has 0 atom stereocenters. The first-order valence-electron chi connectivity index (χ1n) is 7.12. The Bertz CT molecular complexity index is 409. The van der Waals surface area contributed by atoms with Crippen LogP contribution in [0.25, 0.3) is 0 Å². The molecule has 0 unspecified atom stereocenters. The van der Waals surface area contributed by atoms with E-state index in [2.05, 4.69) is 10.2 Å². The Kier molecular flexibility index (Phi) is 6.63. The number of ether oxygens (including phenoxy) is 1. The number of halogens is 1. The third-order valence-electron chi connectivity index (χ3n) is 3.44. The van der Waals surface area contributed by atoms with Gasteiger partial charge >= 0.3 is 0 Å². The van der Waals surface area contributed by atoms with E-state index in [1.165, 1.54) is 5.75 Å². The van der Waals surface area contributed by atoms with Gasteiger partial charge in [-0.3, -0.25) is 0 Å². The van der Waals surface area contributed by atoms with E-state index in [-0.39, 0.29) is 5.82 Å². The molecule has 0 aromatic heterocycles. The second-order valence-electron chi connectivity index (χ2n) is 4.86. The summed E-state index contributed by atoms with van der Waals surface area (Å²) in [5, 5.41) is 3.24. The maximum Gasteiger partial charge on any atom is 0.129 e. The van der Waals surface area contributed by atoms with Crippen LogP contribution in [0.1, 0.15) is 12.0 Å². The summed E-state index contributed by atoms with van der Waals surface area (Å²) in [7, 11) is 1.67. The summed E-state index contributed by atoms with van der Waals surface area (Å²) >= 11 is 1.98. The third kappa shape index (κ3) is 4.36. The van der Waals surface area contributed by atoms with Crippen LogP contribution in [0.4, 0.5) is 10.1 Å². The standard InChI is InChI=1S/C15H23FN2OS/c1-19-9-6-17-12-13-14(16)4-2-5-15(13)18-7-3-10-20-11-8-18/h2,4-5,17H,3,6-12H2,1H3. The molecule has 20 heavy (non-hydrogen) atoms. The van der Waals surface area contributed by atoms with Gasteiger partial charge in [0.25, 0.3) is 0 Å². The van der Waals surface area contributed by atoms with Gasteiger partial charge in [-0.05, 0) is 24.3 Å². The van der Waals surface area contributed by atoms with E-state index in [0.29, 0.717) is 13.2 Å². The number of benzene rings is 1. The molecule has 3 nitrogen and oxygen atoms in total. The maximum atomic E-state index is 14.1. The van der Waals surface area contributed by atoms with E-state index in [4.69, 9.17) is 4.74 Å². The monoisotopic (exact) mass is 298 g/mol. The van der Waals surface area contributed by atoms with Gasteiger partial charge in [0, 0.05) is 50.3 Å². The molecule has 1 N–H and O–H groups in total. The van der Waals surface area contributed by atoms with Crippen LogP contribution in [0.15, 0.2) is 18.2 Å². The zero-order valence-corrected chi connectivity index (χ0v) is 12.8. The molecule has 0 amide bonds. The lowest BCUT2D eigenvalue weighted by Crippen LogP contribution is -2.28. The summed E-state index contributed by atoms with van der Waals surface area (Å²) in [6.45, 7) is 3.94. The zero-order chi connectivity index (χ0) is 14.2. The van der Waals surface area contributed by atoms with Crippen LogP contribution in [0.3, 0.4) is 0 Å². The van der Waals surface area contributed by atoms with Gasteiger partial charge in [-0.2, -0.15) is 11.8 Å². The van der Waals surface area contributed by atoms with E-state index in [1.54, 1.807) is 19.2 Å². The van der Waals surface area contributed by atoms with E-state index in [1.807, 2.05) is 17.8 Å². The van der Waals surface area contributed by atoms with E-state index < -0.39 is 0 Å². The molecular formula is C15H23FN2OS. The average molecular weight is 298 g/mol. The summed E-state index contributed by atoms with van der Waals surface area (Å²) < 4.78 is 19.1. The second-order valence-corrected chi connectivity index (χ2v) is 6.08. The normalized spacial score (nSPS) is 16.2. The molecule has 1 aromatic rings. The molecule has 2 rings (SSSR count). The quantitative estimate of drug-likeness (QED) is 0.816. The maximum absolute atomic E-state index is 14.1. The molecule has 1 aliphatic heterocycles. The van der Waals surface area contributed by atoms with Gasteiger partial charge in [-0.15, -0.1) is 0 Å². The minimum absolute atomic E-state index is 0.121. The predicted octanol–water partition coefficient (Wildman–Crippen LogP) is 2.51. The summed E-state index contributed by atoms with van der Waals surface area (Å²) in [6, 6.07) is 5.39. The highest BCUT2D eigenvalue weighted by molar-refractivity contribution is 7.99. The fourth-order valence-electron chi connectivity index (χ4n) is 2.39. The van der Waals surface area contributed by atoms with Gasteiger partial charge < -0.3 is 15.0 Å². The highest BCUT2D eigenvalue weighted by Gasteiger charge is 2.16. The van der Waals surface area contributed by atoms with Crippen molar-refractivity contribution in [2.24, 2.45) is 0 Å². The fourth-order valence-corrected chi connectivity index (χ4v) is 3.28. The SMILES string of the molecule is COCCNCc1c(F)cccc1N1CCCSCC1. The molecular weight excluding hydrogens is 275 g/mol. The third-order valence-corrected chi connectivity index (χ3v) is 4.49. The van der Waals surface area contributed by atoms with Crippen molar-refractivity contribution in [3.63, 3.8) is 0 Å². The predicted molar refractivity (Wildman–Crippen MR) is 84.1 cm³/mol. The fraction of sp³-hybridized carbons (Fsp3) is 0.600. The van der Waals surface area contributed by atoms with Crippen LogP contribution in [0.5, 0.6) is 0 Å². The number of thioether (sulfide) groups is 1. The Morgan fingerprint density at radius 3 is 3.10 bits per heavy atom. The molecule has 1 heterocycles. The molecule has 0 saturated carbocycles. The largest absolute Gasteiger partial charge is 0.383 e. The number of anilines is 1. The lowest BCUT2D eigenvalue weighted by Gasteiger charge is -2.25. The van der Waals surface area contributed by atoms with Gasteiger partial charge in [0.05, 0.1) is 6.61 Å². The van der Waals surface area contributed by atoms with Crippen LogP contribution in [-0.4, -0.2) is 44.9 Å². The number of methoxy groups -OCH3 is 1. The van der Waals surface area contributed by atoms with Gasteiger partial charge in [0.1, 0.15) is 5.82 Å². The number of hydrogen-bond donors (Lipinski definition) is 1. The van der Waals surface area contributed by atoms with Crippen molar-refractivity contribution >= 4 is 17.4 Å². The summed E-state index contributed by atoms with van der Waals surface area (Å²) in [5.41, 5.74) is 1.81. The Balaban J connectivity index is 2.08. The van der Waals surface area contributed by atoms with Gasteiger partial charge in [0.15, 0.2) is 0 Å². The van der Waals surface area contributed by atoms with Crippen molar-refractivity contribution in [3.05, 3.63) is 29.6 Å². The first-order chi connectivity index (χ1) is 9.83. The Morgan fingerprint density at radius 2 is 2.25 bits per heavy atom. The topological polar surface area (TPSA) is 24.5 Å². The molecule has 1 saturated heterocycles. The lowest BCUT2D eigenvalue weighted by molar-refractivity contribution is 0.199. The smallest absolute Gasteiger partial charge is 0.129 e. The van der Waals surface area contributed by atoms with Gasteiger partial charge in [-0.1, -0.05) is 6.07 Å². The first kappa shape index (κ1) is 15.6. The molecule has 1 fully saturated rings. The molecule has 1 aromatic carbocycles. The van der Waals surface area contributed by atoms with Crippen molar-refractivity contribution in [1.29, 1.82) is 0 Å². The van der Waals surface area contributed by atoms with Crippen LogP contribution >= 0.6 is 11.8 Å². The van der Waals surface area contributed by atoms with Crippen LogP contribution in [0, 0.1) is 5.82 Å². The molecule has 112 valence electrons.